The number of hydrogen-bond acceptors (Lipinski definition) is 6. The normalized spacial score (nSPS) is 11.8. The van der Waals surface area contributed by atoms with Crippen molar-refractivity contribution >= 4 is 17.2 Å². The number of benzene rings is 1. The summed E-state index contributed by atoms with van der Waals surface area (Å²) in [6.07, 6.45) is 5.48. The van der Waals surface area contributed by atoms with Gasteiger partial charge in [0.05, 0.1) is 24.9 Å². The fourth-order valence-electron chi connectivity index (χ4n) is 3.14. The second-order valence-corrected chi connectivity index (χ2v) is 7.57. The number of aryl methyl sites for hydroxylation is 1. The maximum absolute atomic E-state index is 12.9. The Hall–Kier alpha value is -3.52. The van der Waals surface area contributed by atoms with E-state index in [1.165, 1.54) is 11.3 Å². The number of imidazole rings is 1. The van der Waals surface area contributed by atoms with Crippen LogP contribution < -0.4 is 10.1 Å². The van der Waals surface area contributed by atoms with Gasteiger partial charge < -0.3 is 14.6 Å². The summed E-state index contributed by atoms with van der Waals surface area (Å²) in [6, 6.07) is 12.9. The van der Waals surface area contributed by atoms with Crippen LogP contribution in [-0.2, 0) is 18.3 Å². The SMILES string of the molecule is COc1cccc(C(NC(=O)Cc2csc(-c3ccccn3)n2)c2nccn2C)c1. The average molecular weight is 420 g/mol. The molecule has 0 spiro atoms. The molecule has 7 nitrogen and oxygen atoms in total. The molecule has 0 saturated heterocycles. The van der Waals surface area contributed by atoms with Gasteiger partial charge >= 0.3 is 0 Å². The number of thiazole rings is 1. The number of amides is 1. The van der Waals surface area contributed by atoms with Crippen LogP contribution in [0, 0.1) is 0 Å². The van der Waals surface area contributed by atoms with Crippen LogP contribution in [0.25, 0.3) is 10.7 Å². The van der Waals surface area contributed by atoms with Gasteiger partial charge in [0.25, 0.3) is 0 Å². The van der Waals surface area contributed by atoms with Crippen LogP contribution in [0.4, 0.5) is 0 Å². The minimum atomic E-state index is -0.401. The molecule has 152 valence electrons. The molecule has 3 aromatic heterocycles. The first-order chi connectivity index (χ1) is 14.6. The molecule has 0 bridgehead atoms. The van der Waals surface area contributed by atoms with E-state index in [1.807, 2.05) is 65.7 Å². The molecule has 1 amide bonds. The topological polar surface area (TPSA) is 81.9 Å². The summed E-state index contributed by atoms with van der Waals surface area (Å²) in [6.45, 7) is 0. The Morgan fingerprint density at radius 2 is 2.10 bits per heavy atom. The number of pyridine rings is 1. The molecule has 0 radical (unpaired) electrons. The molecule has 0 aliphatic heterocycles. The maximum atomic E-state index is 12.9. The summed E-state index contributed by atoms with van der Waals surface area (Å²) in [5.41, 5.74) is 2.41. The summed E-state index contributed by atoms with van der Waals surface area (Å²) in [4.78, 5) is 26.2. The molecule has 30 heavy (non-hydrogen) atoms. The van der Waals surface area contributed by atoms with Crippen LogP contribution in [0.2, 0.25) is 0 Å². The fourth-order valence-corrected chi connectivity index (χ4v) is 3.94. The van der Waals surface area contributed by atoms with Crippen molar-refractivity contribution in [2.75, 3.05) is 7.11 Å². The molecule has 0 saturated carbocycles. The molecule has 0 fully saturated rings. The average Bonchev–Trinajstić information content (AvgIpc) is 3.41. The summed E-state index contributed by atoms with van der Waals surface area (Å²) in [5.74, 6) is 1.33. The molecule has 1 N–H and O–H groups in total. The lowest BCUT2D eigenvalue weighted by molar-refractivity contribution is -0.121. The van der Waals surface area contributed by atoms with Crippen molar-refractivity contribution in [2.24, 2.45) is 7.05 Å². The summed E-state index contributed by atoms with van der Waals surface area (Å²) in [5, 5.41) is 5.79. The van der Waals surface area contributed by atoms with Gasteiger partial charge in [-0.05, 0) is 29.8 Å². The van der Waals surface area contributed by atoms with Gasteiger partial charge in [0, 0.05) is 31.0 Å². The first-order valence-electron chi connectivity index (χ1n) is 9.40. The highest BCUT2D eigenvalue weighted by Gasteiger charge is 2.22. The largest absolute Gasteiger partial charge is 0.497 e. The van der Waals surface area contributed by atoms with Gasteiger partial charge in [-0.1, -0.05) is 18.2 Å². The summed E-state index contributed by atoms with van der Waals surface area (Å²) >= 11 is 1.48. The number of nitrogens with zero attached hydrogens (tertiary/aromatic N) is 4. The maximum Gasteiger partial charge on any atom is 0.226 e. The highest BCUT2D eigenvalue weighted by atomic mass is 32.1. The zero-order chi connectivity index (χ0) is 20.9. The van der Waals surface area contributed by atoms with Gasteiger partial charge in [-0.3, -0.25) is 9.78 Å². The Morgan fingerprint density at radius 3 is 2.83 bits per heavy atom. The van der Waals surface area contributed by atoms with Gasteiger partial charge in [-0.25, -0.2) is 9.97 Å². The molecular formula is C22H21N5O2S. The Bertz CT molecular complexity index is 1140. The van der Waals surface area contributed by atoms with Crippen LogP contribution >= 0.6 is 11.3 Å². The number of aromatic nitrogens is 4. The van der Waals surface area contributed by atoms with Gasteiger partial charge in [0.15, 0.2) is 0 Å². The zero-order valence-corrected chi connectivity index (χ0v) is 17.5. The van der Waals surface area contributed by atoms with Crippen molar-refractivity contribution in [1.29, 1.82) is 0 Å². The van der Waals surface area contributed by atoms with Crippen molar-refractivity contribution < 1.29 is 9.53 Å². The van der Waals surface area contributed by atoms with E-state index in [-0.39, 0.29) is 12.3 Å². The van der Waals surface area contributed by atoms with Gasteiger partial charge in [-0.2, -0.15) is 0 Å². The van der Waals surface area contributed by atoms with E-state index in [1.54, 1.807) is 19.5 Å². The molecule has 4 rings (SSSR count). The van der Waals surface area contributed by atoms with Crippen molar-refractivity contribution in [3.8, 4) is 16.5 Å². The quantitative estimate of drug-likeness (QED) is 0.497. The molecule has 1 aromatic carbocycles. The number of methoxy groups -OCH3 is 1. The van der Waals surface area contributed by atoms with E-state index >= 15 is 0 Å². The molecule has 1 unspecified atom stereocenters. The minimum Gasteiger partial charge on any atom is -0.497 e. The number of hydrogen-bond donors (Lipinski definition) is 1. The number of nitrogens with one attached hydrogen (secondary N) is 1. The van der Waals surface area contributed by atoms with E-state index < -0.39 is 6.04 Å². The van der Waals surface area contributed by atoms with Crippen molar-refractivity contribution in [1.82, 2.24) is 24.8 Å². The lowest BCUT2D eigenvalue weighted by atomic mass is 10.1. The predicted octanol–water partition coefficient (Wildman–Crippen LogP) is 3.40. The number of ether oxygens (including phenoxy) is 1. The zero-order valence-electron chi connectivity index (χ0n) is 16.6. The summed E-state index contributed by atoms with van der Waals surface area (Å²) < 4.78 is 7.24. The third-order valence-corrected chi connectivity index (χ3v) is 5.54. The summed E-state index contributed by atoms with van der Waals surface area (Å²) in [7, 11) is 3.52. The Balaban J connectivity index is 1.54. The van der Waals surface area contributed by atoms with Crippen LogP contribution in [-0.4, -0.2) is 32.5 Å². The lowest BCUT2D eigenvalue weighted by Crippen LogP contribution is -2.32. The molecule has 1 atom stereocenters. The van der Waals surface area contributed by atoms with E-state index in [0.717, 1.165) is 27.8 Å². The fraction of sp³-hybridized carbons (Fsp3) is 0.182. The van der Waals surface area contributed by atoms with Crippen LogP contribution in [0.5, 0.6) is 5.75 Å². The number of rotatable bonds is 7. The monoisotopic (exact) mass is 419 g/mol. The first-order valence-corrected chi connectivity index (χ1v) is 10.3. The van der Waals surface area contributed by atoms with Gasteiger partial charge in [0.1, 0.15) is 22.6 Å². The van der Waals surface area contributed by atoms with E-state index in [9.17, 15) is 4.79 Å². The van der Waals surface area contributed by atoms with Crippen molar-refractivity contribution in [3.63, 3.8) is 0 Å². The first kappa shape index (κ1) is 19.8. The standard InChI is InChI=1S/C22H21N5O2S/c1-27-11-10-24-21(27)20(15-6-5-7-17(12-15)29-2)26-19(28)13-16-14-30-22(25-16)18-8-3-4-9-23-18/h3-12,14,20H,13H2,1-2H3,(H,26,28). The second kappa shape index (κ2) is 8.87. The minimum absolute atomic E-state index is 0.135. The Labute approximate surface area is 178 Å². The molecule has 3 heterocycles. The Morgan fingerprint density at radius 1 is 1.20 bits per heavy atom. The molecule has 0 aliphatic rings. The van der Waals surface area contributed by atoms with E-state index in [4.69, 9.17) is 4.74 Å². The van der Waals surface area contributed by atoms with Crippen molar-refractivity contribution in [3.05, 3.63) is 83.5 Å². The highest BCUT2D eigenvalue weighted by Crippen LogP contribution is 2.25. The van der Waals surface area contributed by atoms with Crippen LogP contribution in [0.1, 0.15) is 23.1 Å². The third-order valence-electron chi connectivity index (χ3n) is 4.63. The van der Waals surface area contributed by atoms with Crippen LogP contribution in [0.3, 0.4) is 0 Å². The Kier molecular flexibility index (Phi) is 5.85. The lowest BCUT2D eigenvalue weighted by Gasteiger charge is -2.19. The molecule has 0 aliphatic carbocycles. The smallest absolute Gasteiger partial charge is 0.226 e. The molecule has 8 heteroatoms. The van der Waals surface area contributed by atoms with E-state index in [0.29, 0.717) is 5.69 Å². The number of carbonyl (C=O) groups excluding carboxylic acids is 1. The second-order valence-electron chi connectivity index (χ2n) is 6.71. The van der Waals surface area contributed by atoms with Gasteiger partial charge in [-0.15, -0.1) is 11.3 Å². The van der Waals surface area contributed by atoms with Crippen molar-refractivity contribution in [2.45, 2.75) is 12.5 Å². The third kappa shape index (κ3) is 4.38. The predicted molar refractivity (Wildman–Crippen MR) is 115 cm³/mol. The van der Waals surface area contributed by atoms with Gasteiger partial charge in [0.2, 0.25) is 5.91 Å². The van der Waals surface area contributed by atoms with Crippen LogP contribution in [0.15, 0.2) is 66.4 Å². The molecular weight excluding hydrogens is 398 g/mol. The number of carbonyl (C=O) groups is 1. The van der Waals surface area contributed by atoms with E-state index in [2.05, 4.69) is 20.3 Å². The highest BCUT2D eigenvalue weighted by molar-refractivity contribution is 7.13. The molecule has 4 aromatic rings.